The summed E-state index contributed by atoms with van der Waals surface area (Å²) in [5.41, 5.74) is 7.13. The third-order valence-corrected chi connectivity index (χ3v) is 7.73. The van der Waals surface area contributed by atoms with Gasteiger partial charge in [0.05, 0.1) is 28.8 Å². The summed E-state index contributed by atoms with van der Waals surface area (Å²) in [6, 6.07) is 11.9. The first-order valence-electron chi connectivity index (χ1n) is 13.6. The van der Waals surface area contributed by atoms with E-state index in [1.54, 1.807) is 12.4 Å². The molecule has 4 N–H and O–H groups in total. The van der Waals surface area contributed by atoms with E-state index in [1.165, 1.54) is 37.8 Å². The summed E-state index contributed by atoms with van der Waals surface area (Å²) in [7, 11) is 0. The summed E-state index contributed by atoms with van der Waals surface area (Å²) in [5, 5.41) is 22.9. The molecule has 0 saturated heterocycles. The second kappa shape index (κ2) is 10.2. The van der Waals surface area contributed by atoms with E-state index in [1.807, 2.05) is 30.6 Å². The largest absolute Gasteiger partial charge is 0.508 e. The standard InChI is InChI=1S/C31H28FN7O/c32-22-8-20(9-23(40)10-22)30-24-12-28(37-26(24)5-6-35-30)31-25-11-27(36-17-29(25)38-39-31)21-7-19(15-34-16-21)14-33-13-18-3-1-2-4-18/h5-12,15-18,33,37,40H,1-4,13-14H2,(H,38,39). The number of phenolic OH excluding ortho intramolecular Hbond substituents is 1. The van der Waals surface area contributed by atoms with Crippen LogP contribution in [0.4, 0.5) is 4.39 Å². The molecule has 0 atom stereocenters. The highest BCUT2D eigenvalue weighted by molar-refractivity contribution is 6.00. The number of aromatic amines is 2. The van der Waals surface area contributed by atoms with Crippen LogP contribution < -0.4 is 5.32 Å². The van der Waals surface area contributed by atoms with Crippen molar-refractivity contribution >= 4 is 21.8 Å². The van der Waals surface area contributed by atoms with E-state index in [2.05, 4.69) is 41.5 Å². The van der Waals surface area contributed by atoms with Gasteiger partial charge in [-0.25, -0.2) is 4.39 Å². The van der Waals surface area contributed by atoms with Gasteiger partial charge in [0.1, 0.15) is 17.3 Å². The Kier molecular flexibility index (Phi) is 6.20. The second-order valence-corrected chi connectivity index (χ2v) is 10.6. The molecular formula is C31H28FN7O. The number of halogens is 1. The predicted molar refractivity (Wildman–Crippen MR) is 153 cm³/mol. The van der Waals surface area contributed by atoms with E-state index in [0.29, 0.717) is 11.3 Å². The van der Waals surface area contributed by atoms with Crippen LogP contribution in [0.2, 0.25) is 0 Å². The van der Waals surface area contributed by atoms with Crippen LogP contribution in [0.25, 0.3) is 55.7 Å². The van der Waals surface area contributed by atoms with E-state index in [9.17, 15) is 9.50 Å². The molecule has 7 rings (SSSR count). The Morgan fingerprint density at radius 2 is 1.77 bits per heavy atom. The average Bonchev–Trinajstić information content (AvgIpc) is 3.71. The summed E-state index contributed by atoms with van der Waals surface area (Å²) < 4.78 is 14.0. The van der Waals surface area contributed by atoms with Crippen LogP contribution >= 0.6 is 0 Å². The molecule has 1 aliphatic carbocycles. The van der Waals surface area contributed by atoms with Crippen molar-refractivity contribution in [3.63, 3.8) is 0 Å². The van der Waals surface area contributed by atoms with Crippen molar-refractivity contribution in [1.29, 1.82) is 0 Å². The second-order valence-electron chi connectivity index (χ2n) is 10.6. The molecule has 1 fully saturated rings. The fraction of sp³-hybridized carbons (Fsp3) is 0.226. The van der Waals surface area contributed by atoms with Gasteiger partial charge in [0.2, 0.25) is 0 Å². The zero-order valence-corrected chi connectivity index (χ0v) is 21.8. The third-order valence-electron chi connectivity index (χ3n) is 7.73. The minimum Gasteiger partial charge on any atom is -0.508 e. The van der Waals surface area contributed by atoms with Gasteiger partial charge in [0.25, 0.3) is 0 Å². The summed E-state index contributed by atoms with van der Waals surface area (Å²) in [4.78, 5) is 17.0. The minimum absolute atomic E-state index is 0.147. The van der Waals surface area contributed by atoms with Crippen LogP contribution in [-0.4, -0.2) is 41.8 Å². The van der Waals surface area contributed by atoms with Crippen LogP contribution in [-0.2, 0) is 6.54 Å². The van der Waals surface area contributed by atoms with Gasteiger partial charge in [-0.05, 0) is 67.3 Å². The summed E-state index contributed by atoms with van der Waals surface area (Å²) in [6.07, 6.45) is 12.5. The highest BCUT2D eigenvalue weighted by Gasteiger charge is 2.17. The molecule has 8 nitrogen and oxygen atoms in total. The van der Waals surface area contributed by atoms with Crippen molar-refractivity contribution in [2.24, 2.45) is 5.92 Å². The van der Waals surface area contributed by atoms with Gasteiger partial charge in [-0.2, -0.15) is 5.10 Å². The molecule has 1 aliphatic rings. The van der Waals surface area contributed by atoms with Crippen molar-refractivity contribution < 1.29 is 9.50 Å². The predicted octanol–water partition coefficient (Wildman–Crippen LogP) is 6.35. The Labute approximate surface area is 229 Å². The Bertz CT molecular complexity index is 1820. The highest BCUT2D eigenvalue weighted by Crippen LogP contribution is 2.35. The Balaban J connectivity index is 1.21. The summed E-state index contributed by atoms with van der Waals surface area (Å²) in [6.45, 7) is 1.83. The lowest BCUT2D eigenvalue weighted by atomic mass is 10.1. The van der Waals surface area contributed by atoms with E-state index >= 15 is 0 Å². The first-order valence-corrected chi connectivity index (χ1v) is 13.6. The smallest absolute Gasteiger partial charge is 0.127 e. The minimum atomic E-state index is -0.522. The molecule has 0 amide bonds. The molecule has 9 heteroatoms. The van der Waals surface area contributed by atoms with Gasteiger partial charge in [0, 0.05) is 58.6 Å². The quantitative estimate of drug-likeness (QED) is 0.190. The lowest BCUT2D eigenvalue weighted by Crippen LogP contribution is -2.20. The topological polar surface area (TPSA) is 115 Å². The van der Waals surface area contributed by atoms with Gasteiger partial charge >= 0.3 is 0 Å². The number of aromatic hydroxyl groups is 1. The molecule has 5 aromatic heterocycles. The maximum atomic E-state index is 14.0. The van der Waals surface area contributed by atoms with Crippen molar-refractivity contribution in [2.45, 2.75) is 32.2 Å². The fourth-order valence-corrected chi connectivity index (χ4v) is 5.76. The molecule has 40 heavy (non-hydrogen) atoms. The number of hydrogen-bond acceptors (Lipinski definition) is 6. The van der Waals surface area contributed by atoms with Gasteiger partial charge < -0.3 is 15.4 Å². The van der Waals surface area contributed by atoms with Crippen molar-refractivity contribution in [3.05, 3.63) is 78.6 Å². The molecule has 6 aromatic rings. The fourth-order valence-electron chi connectivity index (χ4n) is 5.76. The van der Waals surface area contributed by atoms with Crippen LogP contribution in [0.5, 0.6) is 5.75 Å². The van der Waals surface area contributed by atoms with Gasteiger partial charge in [-0.15, -0.1) is 0 Å². The molecule has 0 radical (unpaired) electrons. The molecule has 0 spiro atoms. The number of aromatic nitrogens is 6. The van der Waals surface area contributed by atoms with Gasteiger partial charge in [-0.3, -0.25) is 20.1 Å². The summed E-state index contributed by atoms with van der Waals surface area (Å²) in [5.74, 6) is 0.120. The van der Waals surface area contributed by atoms with Crippen LogP contribution in [0.15, 0.2) is 67.3 Å². The van der Waals surface area contributed by atoms with Crippen molar-refractivity contribution in [3.8, 4) is 39.7 Å². The van der Waals surface area contributed by atoms with Crippen LogP contribution in [0.3, 0.4) is 0 Å². The Hall–Kier alpha value is -4.63. The molecule has 0 bridgehead atoms. The molecule has 0 aliphatic heterocycles. The Morgan fingerprint density at radius 3 is 2.65 bits per heavy atom. The zero-order chi connectivity index (χ0) is 27.1. The highest BCUT2D eigenvalue weighted by atomic mass is 19.1. The maximum absolute atomic E-state index is 14.0. The molecule has 1 aromatic carbocycles. The molecule has 0 unspecified atom stereocenters. The number of nitrogens with one attached hydrogen (secondary N) is 3. The van der Waals surface area contributed by atoms with E-state index in [-0.39, 0.29) is 5.75 Å². The van der Waals surface area contributed by atoms with E-state index in [4.69, 9.17) is 0 Å². The number of hydrogen-bond donors (Lipinski definition) is 4. The molecule has 200 valence electrons. The number of rotatable bonds is 7. The number of benzene rings is 1. The molecule has 1 saturated carbocycles. The lowest BCUT2D eigenvalue weighted by molar-refractivity contribution is 0.469. The molecular weight excluding hydrogens is 505 g/mol. The maximum Gasteiger partial charge on any atom is 0.127 e. The average molecular weight is 534 g/mol. The van der Waals surface area contributed by atoms with Gasteiger partial charge in [0.15, 0.2) is 0 Å². The van der Waals surface area contributed by atoms with Gasteiger partial charge in [-0.1, -0.05) is 12.8 Å². The van der Waals surface area contributed by atoms with E-state index in [0.717, 1.165) is 75.1 Å². The first-order chi connectivity index (χ1) is 19.6. The number of nitrogens with zero attached hydrogens (tertiary/aromatic N) is 4. The van der Waals surface area contributed by atoms with Crippen LogP contribution in [0, 0.1) is 11.7 Å². The zero-order valence-electron chi connectivity index (χ0n) is 21.8. The van der Waals surface area contributed by atoms with Crippen LogP contribution in [0.1, 0.15) is 31.2 Å². The number of fused-ring (bicyclic) bond motifs is 2. The first kappa shape index (κ1) is 24.4. The van der Waals surface area contributed by atoms with E-state index < -0.39 is 5.82 Å². The SMILES string of the molecule is Oc1cc(F)cc(-c2nccc3[nH]c(-c4n[nH]c5cnc(-c6cncc(CNCC7CCCC7)c6)cc45)cc23)c1. The van der Waals surface area contributed by atoms with Crippen molar-refractivity contribution in [2.75, 3.05) is 6.54 Å². The third kappa shape index (κ3) is 4.69. The van der Waals surface area contributed by atoms with Crippen molar-refractivity contribution in [1.82, 2.24) is 35.5 Å². The number of H-pyrrole nitrogens is 2. The molecule has 5 heterocycles. The monoisotopic (exact) mass is 533 g/mol. The Morgan fingerprint density at radius 1 is 0.900 bits per heavy atom. The number of pyridine rings is 3. The number of phenols is 1. The summed E-state index contributed by atoms with van der Waals surface area (Å²) >= 11 is 0. The lowest BCUT2D eigenvalue weighted by Gasteiger charge is -2.11. The normalized spacial score (nSPS) is 14.0.